The summed E-state index contributed by atoms with van der Waals surface area (Å²) in [4.78, 5) is 0. The van der Waals surface area contributed by atoms with Gasteiger partial charge in [-0.1, -0.05) is 18.2 Å². The topological polar surface area (TPSA) is 49.5 Å². The molecule has 1 aliphatic carbocycles. The second-order valence-electron chi connectivity index (χ2n) is 4.07. The van der Waals surface area contributed by atoms with Gasteiger partial charge in [0.25, 0.3) is 0 Å². The summed E-state index contributed by atoms with van der Waals surface area (Å²) >= 11 is 6.26. The largest absolute Gasteiger partial charge is 0.401 e. The van der Waals surface area contributed by atoms with Gasteiger partial charge in [-0.25, -0.2) is 0 Å². The molecule has 1 aromatic carbocycles. The van der Waals surface area contributed by atoms with Gasteiger partial charge in [-0.3, -0.25) is 10.3 Å². The highest BCUT2D eigenvalue weighted by atomic mass is 35.5. The highest BCUT2D eigenvalue weighted by Gasteiger charge is 2.21. The van der Waals surface area contributed by atoms with Crippen LogP contribution in [0.15, 0.2) is 30.0 Å². The smallest absolute Gasteiger partial charge is 0.0985 e. The van der Waals surface area contributed by atoms with E-state index in [-0.39, 0.29) is 5.38 Å². The highest BCUT2D eigenvalue weighted by Crippen LogP contribution is 2.27. The van der Waals surface area contributed by atoms with E-state index in [9.17, 15) is 5.21 Å². The Hall–Kier alpha value is -1.45. The molecular formula is C12H11ClN2O. The van der Waals surface area contributed by atoms with E-state index in [1.165, 1.54) is 5.06 Å². The van der Waals surface area contributed by atoms with Gasteiger partial charge >= 0.3 is 0 Å². The van der Waals surface area contributed by atoms with E-state index in [1.807, 2.05) is 24.3 Å². The van der Waals surface area contributed by atoms with Crippen LogP contribution in [-0.4, -0.2) is 16.8 Å². The number of hydrogen-bond acceptors (Lipinski definition) is 3. The van der Waals surface area contributed by atoms with Crippen LogP contribution in [0.3, 0.4) is 0 Å². The lowest BCUT2D eigenvalue weighted by atomic mass is 9.93. The molecule has 1 aliphatic heterocycles. The third kappa shape index (κ3) is 1.25. The normalized spacial score (nSPS) is 22.4. The first-order valence-corrected chi connectivity index (χ1v) is 5.51. The third-order valence-corrected chi connectivity index (χ3v) is 3.46. The fourth-order valence-electron chi connectivity index (χ4n) is 2.31. The van der Waals surface area contributed by atoms with Gasteiger partial charge in [0.15, 0.2) is 0 Å². The standard InChI is InChI=1S/C12H11ClN2O/c13-12-9-3-1-2-7-5-15(16)6-8(11(7)9)4-10(12)14/h1-5,12,16H,6,14H2. The number of halogens is 1. The number of hydroxylamine groups is 2. The van der Waals surface area contributed by atoms with Crippen LogP contribution >= 0.6 is 11.6 Å². The molecule has 4 heteroatoms. The summed E-state index contributed by atoms with van der Waals surface area (Å²) in [6.45, 7) is 0.453. The molecule has 1 heterocycles. The van der Waals surface area contributed by atoms with E-state index in [1.54, 1.807) is 6.20 Å². The van der Waals surface area contributed by atoms with Crippen molar-refractivity contribution in [3.8, 4) is 0 Å². The molecule has 0 aromatic heterocycles. The fraction of sp³-hybridized carbons (Fsp3) is 0.167. The SMILES string of the molecule is NC1=CC2=c3c(cccc3=CN(O)C2)C1Cl. The van der Waals surface area contributed by atoms with Crippen molar-refractivity contribution >= 4 is 23.4 Å². The van der Waals surface area contributed by atoms with E-state index < -0.39 is 0 Å². The van der Waals surface area contributed by atoms with Crippen molar-refractivity contribution in [3.63, 3.8) is 0 Å². The van der Waals surface area contributed by atoms with Crippen molar-refractivity contribution in [2.45, 2.75) is 5.38 Å². The maximum atomic E-state index is 9.58. The molecule has 82 valence electrons. The minimum absolute atomic E-state index is 0.266. The van der Waals surface area contributed by atoms with Gasteiger partial charge in [-0.15, -0.1) is 11.6 Å². The van der Waals surface area contributed by atoms with Crippen molar-refractivity contribution in [1.82, 2.24) is 5.06 Å². The van der Waals surface area contributed by atoms with Gasteiger partial charge in [-0.2, -0.15) is 0 Å². The Balaban J connectivity index is 2.45. The van der Waals surface area contributed by atoms with Crippen LogP contribution < -0.4 is 16.2 Å². The molecule has 1 aromatic rings. The molecule has 0 saturated heterocycles. The van der Waals surface area contributed by atoms with Gasteiger partial charge in [0.05, 0.1) is 11.9 Å². The Labute approximate surface area is 97.7 Å². The Morgan fingerprint density at radius 1 is 1.44 bits per heavy atom. The number of nitrogens with two attached hydrogens (primary N) is 1. The van der Waals surface area contributed by atoms with E-state index in [2.05, 4.69) is 0 Å². The van der Waals surface area contributed by atoms with Gasteiger partial charge in [0.1, 0.15) is 0 Å². The summed E-state index contributed by atoms with van der Waals surface area (Å²) in [5.74, 6) is 0. The molecule has 0 spiro atoms. The van der Waals surface area contributed by atoms with E-state index in [4.69, 9.17) is 17.3 Å². The van der Waals surface area contributed by atoms with Gasteiger partial charge in [-0.05, 0) is 22.4 Å². The molecule has 1 atom stereocenters. The molecule has 1 unspecified atom stereocenters. The van der Waals surface area contributed by atoms with Crippen molar-refractivity contribution in [2.24, 2.45) is 5.73 Å². The van der Waals surface area contributed by atoms with Crippen LogP contribution in [0.25, 0.3) is 11.8 Å². The van der Waals surface area contributed by atoms with Gasteiger partial charge in [0, 0.05) is 17.1 Å². The zero-order valence-corrected chi connectivity index (χ0v) is 9.28. The predicted octanol–water partition coefficient (Wildman–Crippen LogP) is 0.416. The minimum Gasteiger partial charge on any atom is -0.401 e. The van der Waals surface area contributed by atoms with Crippen molar-refractivity contribution < 1.29 is 5.21 Å². The molecule has 0 saturated carbocycles. The van der Waals surface area contributed by atoms with Gasteiger partial charge < -0.3 is 5.73 Å². The Morgan fingerprint density at radius 2 is 2.25 bits per heavy atom. The lowest BCUT2D eigenvalue weighted by Gasteiger charge is -2.24. The highest BCUT2D eigenvalue weighted by molar-refractivity contribution is 6.22. The lowest BCUT2D eigenvalue weighted by Crippen LogP contribution is -2.41. The van der Waals surface area contributed by atoms with Crippen LogP contribution in [0.5, 0.6) is 0 Å². The molecule has 16 heavy (non-hydrogen) atoms. The maximum Gasteiger partial charge on any atom is 0.0985 e. The second-order valence-corrected chi connectivity index (χ2v) is 4.51. The summed E-state index contributed by atoms with van der Waals surface area (Å²) in [5.41, 5.74) is 8.56. The summed E-state index contributed by atoms with van der Waals surface area (Å²) in [6.07, 6.45) is 3.57. The van der Waals surface area contributed by atoms with Crippen molar-refractivity contribution in [1.29, 1.82) is 0 Å². The van der Waals surface area contributed by atoms with Crippen LogP contribution in [0, 0.1) is 0 Å². The molecule has 0 bridgehead atoms. The summed E-state index contributed by atoms with van der Waals surface area (Å²) in [5, 5.41) is 12.6. The first-order chi connectivity index (χ1) is 7.66. The first-order valence-electron chi connectivity index (χ1n) is 5.07. The van der Waals surface area contributed by atoms with Crippen LogP contribution in [0.1, 0.15) is 10.9 Å². The maximum absolute atomic E-state index is 9.58. The molecule has 0 radical (unpaired) electrons. The van der Waals surface area contributed by atoms with Crippen LogP contribution in [0.4, 0.5) is 0 Å². The number of rotatable bonds is 0. The number of allylic oxidation sites excluding steroid dienone is 1. The minimum atomic E-state index is -0.266. The Morgan fingerprint density at radius 3 is 3.06 bits per heavy atom. The fourth-order valence-corrected chi connectivity index (χ4v) is 2.55. The van der Waals surface area contributed by atoms with Crippen molar-refractivity contribution in [2.75, 3.05) is 6.54 Å². The number of alkyl halides is 1. The van der Waals surface area contributed by atoms with Gasteiger partial charge in [0.2, 0.25) is 0 Å². The second kappa shape index (κ2) is 3.27. The first kappa shape index (κ1) is 9.75. The summed E-state index contributed by atoms with van der Waals surface area (Å²) in [6, 6.07) is 5.87. The quantitative estimate of drug-likeness (QED) is 0.640. The Bertz CT molecular complexity index is 606. The number of hydrogen-bond donors (Lipinski definition) is 2. The zero-order valence-electron chi connectivity index (χ0n) is 8.52. The van der Waals surface area contributed by atoms with E-state index in [0.717, 1.165) is 21.6 Å². The lowest BCUT2D eigenvalue weighted by molar-refractivity contribution is -0.00748. The predicted molar refractivity (Wildman–Crippen MR) is 62.9 cm³/mol. The summed E-state index contributed by atoms with van der Waals surface area (Å²) in [7, 11) is 0. The Kier molecular flexibility index (Phi) is 1.99. The van der Waals surface area contributed by atoms with Crippen LogP contribution in [0.2, 0.25) is 0 Å². The number of nitrogens with zero attached hydrogens (tertiary/aromatic N) is 1. The third-order valence-electron chi connectivity index (χ3n) is 2.98. The average molecular weight is 235 g/mol. The van der Waals surface area contributed by atoms with E-state index >= 15 is 0 Å². The summed E-state index contributed by atoms with van der Waals surface area (Å²) < 4.78 is 0. The van der Waals surface area contributed by atoms with Crippen LogP contribution in [-0.2, 0) is 0 Å². The zero-order chi connectivity index (χ0) is 11.3. The van der Waals surface area contributed by atoms with Crippen molar-refractivity contribution in [3.05, 3.63) is 46.0 Å². The van der Waals surface area contributed by atoms with E-state index in [0.29, 0.717) is 12.2 Å². The molecule has 3 N–H and O–H groups in total. The average Bonchev–Trinajstić information content (AvgIpc) is 2.25. The molecule has 3 nitrogen and oxygen atoms in total. The number of benzene rings is 1. The molecule has 2 aliphatic rings. The molecule has 0 amide bonds. The molecule has 0 fully saturated rings. The molecular weight excluding hydrogens is 224 g/mol. The monoisotopic (exact) mass is 234 g/mol. The molecule has 3 rings (SSSR count).